The van der Waals surface area contributed by atoms with E-state index >= 15 is 0 Å². The Balaban J connectivity index is 1.71. The average molecular weight is 330 g/mol. The molecule has 1 fully saturated rings. The summed E-state index contributed by atoms with van der Waals surface area (Å²) in [5.74, 6) is 1.70. The first-order valence-corrected chi connectivity index (χ1v) is 8.92. The van der Waals surface area contributed by atoms with Gasteiger partial charge in [-0.05, 0) is 38.8 Å². The van der Waals surface area contributed by atoms with Crippen molar-refractivity contribution in [2.75, 3.05) is 11.4 Å². The van der Waals surface area contributed by atoms with Crippen LogP contribution in [0.3, 0.4) is 0 Å². The molecular weight excluding hydrogens is 308 g/mol. The first-order chi connectivity index (χ1) is 11.1. The predicted octanol–water partition coefficient (Wildman–Crippen LogP) is 3.23. The summed E-state index contributed by atoms with van der Waals surface area (Å²) < 4.78 is 2.03. The molecule has 1 heterocycles. The zero-order valence-electron chi connectivity index (χ0n) is 13.8. The van der Waals surface area contributed by atoms with E-state index in [9.17, 15) is 4.79 Å². The zero-order chi connectivity index (χ0) is 16.4. The number of anilines is 1. The Morgan fingerprint density at radius 1 is 1.35 bits per heavy atom. The SMILES string of the molecule is CCN(C(=O)C(C)Sc1nnc(C2CC2)n1C)c1ccccc1. The molecule has 23 heavy (non-hydrogen) atoms. The summed E-state index contributed by atoms with van der Waals surface area (Å²) in [6.45, 7) is 4.58. The highest BCUT2D eigenvalue weighted by Gasteiger charge is 2.30. The van der Waals surface area contributed by atoms with Crippen LogP contribution in [0.2, 0.25) is 0 Å². The Bertz CT molecular complexity index is 681. The molecule has 6 heteroatoms. The lowest BCUT2D eigenvalue weighted by Gasteiger charge is -2.24. The topological polar surface area (TPSA) is 51.0 Å². The van der Waals surface area contributed by atoms with Gasteiger partial charge < -0.3 is 9.47 Å². The largest absolute Gasteiger partial charge is 0.312 e. The molecule has 0 saturated heterocycles. The van der Waals surface area contributed by atoms with Crippen LogP contribution in [0.15, 0.2) is 35.5 Å². The number of thioether (sulfide) groups is 1. The highest BCUT2D eigenvalue weighted by atomic mass is 32.2. The van der Waals surface area contributed by atoms with Gasteiger partial charge in [-0.25, -0.2) is 0 Å². The standard InChI is InChI=1S/C17H22N4OS/c1-4-21(14-8-6-5-7-9-14)16(22)12(2)23-17-19-18-15(20(17)3)13-10-11-13/h5-9,12-13H,4,10-11H2,1-3H3. The second kappa shape index (κ2) is 6.74. The van der Waals surface area contributed by atoms with Crippen LogP contribution >= 0.6 is 11.8 Å². The minimum Gasteiger partial charge on any atom is -0.312 e. The van der Waals surface area contributed by atoms with Crippen LogP contribution in [0, 0.1) is 0 Å². The van der Waals surface area contributed by atoms with Gasteiger partial charge in [-0.3, -0.25) is 4.79 Å². The highest BCUT2D eigenvalue weighted by Crippen LogP contribution is 2.39. The molecule has 1 aromatic carbocycles. The van der Waals surface area contributed by atoms with E-state index in [0.717, 1.165) is 16.7 Å². The number of hydrogen-bond donors (Lipinski definition) is 0. The number of carbonyl (C=O) groups is 1. The van der Waals surface area contributed by atoms with E-state index in [1.165, 1.54) is 24.6 Å². The maximum Gasteiger partial charge on any atom is 0.240 e. The number of para-hydroxylation sites is 1. The molecule has 1 aromatic heterocycles. The van der Waals surface area contributed by atoms with Gasteiger partial charge in [0.15, 0.2) is 5.16 Å². The molecule has 1 aliphatic carbocycles. The Kier molecular flexibility index (Phi) is 4.71. The molecule has 1 atom stereocenters. The van der Waals surface area contributed by atoms with Gasteiger partial charge in [-0.15, -0.1) is 10.2 Å². The molecule has 0 N–H and O–H groups in total. The number of hydrogen-bond acceptors (Lipinski definition) is 4. The van der Waals surface area contributed by atoms with Gasteiger partial charge in [0.1, 0.15) is 5.82 Å². The lowest BCUT2D eigenvalue weighted by Crippen LogP contribution is -2.36. The summed E-state index contributed by atoms with van der Waals surface area (Å²) >= 11 is 1.48. The van der Waals surface area contributed by atoms with Gasteiger partial charge in [0, 0.05) is 25.2 Å². The number of amides is 1. The van der Waals surface area contributed by atoms with Gasteiger partial charge in [0.25, 0.3) is 0 Å². The molecule has 1 unspecified atom stereocenters. The van der Waals surface area contributed by atoms with Gasteiger partial charge >= 0.3 is 0 Å². The average Bonchev–Trinajstić information content (AvgIpc) is 3.34. The van der Waals surface area contributed by atoms with Crippen molar-refractivity contribution in [1.29, 1.82) is 0 Å². The molecule has 0 spiro atoms. The molecule has 122 valence electrons. The van der Waals surface area contributed by atoms with Crippen LogP contribution in [0.1, 0.15) is 38.4 Å². The fourth-order valence-corrected chi connectivity index (χ4v) is 3.51. The summed E-state index contributed by atoms with van der Waals surface area (Å²) in [6, 6.07) is 9.79. The smallest absolute Gasteiger partial charge is 0.240 e. The predicted molar refractivity (Wildman–Crippen MR) is 92.8 cm³/mol. The fourth-order valence-electron chi connectivity index (χ4n) is 2.63. The Labute approximate surface area is 141 Å². The van der Waals surface area contributed by atoms with E-state index in [2.05, 4.69) is 10.2 Å². The van der Waals surface area contributed by atoms with E-state index in [-0.39, 0.29) is 11.2 Å². The van der Waals surface area contributed by atoms with Crippen molar-refractivity contribution in [1.82, 2.24) is 14.8 Å². The molecule has 2 aromatic rings. The monoisotopic (exact) mass is 330 g/mol. The van der Waals surface area contributed by atoms with E-state index in [1.54, 1.807) is 0 Å². The Hall–Kier alpha value is -1.82. The summed E-state index contributed by atoms with van der Waals surface area (Å²) in [4.78, 5) is 14.6. The fraction of sp³-hybridized carbons (Fsp3) is 0.471. The second-order valence-electron chi connectivity index (χ2n) is 5.85. The van der Waals surface area contributed by atoms with Crippen molar-refractivity contribution in [2.45, 2.75) is 43.0 Å². The third kappa shape index (κ3) is 3.42. The molecule has 0 aliphatic heterocycles. The number of aromatic nitrogens is 3. The lowest BCUT2D eigenvalue weighted by atomic mass is 10.2. The maximum absolute atomic E-state index is 12.8. The van der Waals surface area contributed by atoms with E-state index in [0.29, 0.717) is 12.5 Å². The van der Waals surface area contributed by atoms with Gasteiger partial charge in [-0.1, -0.05) is 30.0 Å². The summed E-state index contributed by atoms with van der Waals surface area (Å²) in [6.07, 6.45) is 2.39. The molecule has 1 aliphatic rings. The van der Waals surface area contributed by atoms with Crippen LogP contribution in [-0.2, 0) is 11.8 Å². The summed E-state index contributed by atoms with van der Waals surface area (Å²) in [5, 5.41) is 9.16. The minimum atomic E-state index is -0.204. The normalized spacial score (nSPS) is 15.4. The number of nitrogens with zero attached hydrogens (tertiary/aromatic N) is 4. The van der Waals surface area contributed by atoms with Crippen molar-refractivity contribution in [2.24, 2.45) is 7.05 Å². The Morgan fingerprint density at radius 2 is 2.04 bits per heavy atom. The first-order valence-electron chi connectivity index (χ1n) is 8.04. The molecule has 1 saturated carbocycles. The third-order valence-electron chi connectivity index (χ3n) is 4.09. The minimum absolute atomic E-state index is 0.0969. The molecule has 0 bridgehead atoms. The van der Waals surface area contributed by atoms with Crippen LogP contribution in [0.25, 0.3) is 0 Å². The molecule has 1 amide bonds. The maximum atomic E-state index is 12.8. The van der Waals surface area contributed by atoms with Gasteiger partial charge in [0.05, 0.1) is 5.25 Å². The second-order valence-corrected chi connectivity index (χ2v) is 7.16. The van der Waals surface area contributed by atoms with Crippen molar-refractivity contribution >= 4 is 23.4 Å². The number of carbonyl (C=O) groups excluding carboxylic acids is 1. The summed E-state index contributed by atoms with van der Waals surface area (Å²) in [7, 11) is 1.99. The van der Waals surface area contributed by atoms with Gasteiger partial charge in [0.2, 0.25) is 5.91 Å². The Morgan fingerprint density at radius 3 is 2.65 bits per heavy atom. The van der Waals surface area contributed by atoms with E-state index < -0.39 is 0 Å². The molecule has 3 rings (SSSR count). The van der Waals surface area contributed by atoms with E-state index in [4.69, 9.17) is 0 Å². The lowest BCUT2D eigenvalue weighted by molar-refractivity contribution is -0.117. The zero-order valence-corrected chi connectivity index (χ0v) is 14.6. The molecular formula is C17H22N4OS. The van der Waals surface area contributed by atoms with Crippen molar-refractivity contribution in [3.63, 3.8) is 0 Å². The quantitative estimate of drug-likeness (QED) is 0.763. The number of rotatable bonds is 6. The number of benzene rings is 1. The van der Waals surface area contributed by atoms with Crippen LogP contribution in [0.5, 0.6) is 0 Å². The summed E-state index contributed by atoms with van der Waals surface area (Å²) in [5.41, 5.74) is 0.934. The van der Waals surface area contributed by atoms with E-state index in [1.807, 2.05) is 60.7 Å². The highest BCUT2D eigenvalue weighted by molar-refractivity contribution is 8.00. The molecule has 5 nitrogen and oxygen atoms in total. The van der Waals surface area contributed by atoms with Gasteiger partial charge in [-0.2, -0.15) is 0 Å². The molecule has 0 radical (unpaired) electrons. The third-order valence-corrected chi connectivity index (χ3v) is 5.21. The first kappa shape index (κ1) is 16.1. The van der Waals surface area contributed by atoms with Crippen LogP contribution in [0.4, 0.5) is 5.69 Å². The van der Waals surface area contributed by atoms with Crippen molar-refractivity contribution < 1.29 is 4.79 Å². The van der Waals surface area contributed by atoms with Crippen molar-refractivity contribution in [3.8, 4) is 0 Å². The van der Waals surface area contributed by atoms with Crippen LogP contribution < -0.4 is 4.90 Å². The van der Waals surface area contributed by atoms with Crippen molar-refractivity contribution in [3.05, 3.63) is 36.2 Å². The van der Waals surface area contributed by atoms with Crippen LogP contribution in [-0.4, -0.2) is 32.5 Å².